The SMILES string of the molecule is Fc1ccc2cc1-c1cnn3ccc(nc13)NCCCCNCCO2. The van der Waals surface area contributed by atoms with Crippen LogP contribution in [0.25, 0.3) is 16.8 Å². The number of hydrogen-bond donors (Lipinski definition) is 2. The van der Waals surface area contributed by atoms with Crippen LogP contribution in [0.4, 0.5) is 10.2 Å². The van der Waals surface area contributed by atoms with Gasteiger partial charge in [0.05, 0.1) is 6.20 Å². The minimum absolute atomic E-state index is 0.318. The summed E-state index contributed by atoms with van der Waals surface area (Å²) in [6.07, 6.45) is 5.59. The van der Waals surface area contributed by atoms with E-state index >= 15 is 0 Å². The molecule has 0 fully saturated rings. The fourth-order valence-electron chi connectivity index (χ4n) is 2.92. The van der Waals surface area contributed by atoms with E-state index in [-0.39, 0.29) is 5.82 Å². The van der Waals surface area contributed by atoms with Crippen LogP contribution in [0.2, 0.25) is 0 Å². The predicted octanol–water partition coefficient (Wildman–Crippen LogP) is 2.71. The summed E-state index contributed by atoms with van der Waals surface area (Å²) in [5, 5.41) is 11.0. The van der Waals surface area contributed by atoms with Crippen molar-refractivity contribution in [2.24, 2.45) is 0 Å². The highest BCUT2D eigenvalue weighted by Gasteiger charge is 2.14. The highest BCUT2D eigenvalue weighted by Crippen LogP contribution is 2.30. The van der Waals surface area contributed by atoms with Gasteiger partial charge in [0.25, 0.3) is 0 Å². The van der Waals surface area contributed by atoms with Crippen molar-refractivity contribution < 1.29 is 9.13 Å². The first-order chi connectivity index (χ1) is 12.3. The normalized spacial score (nSPS) is 15.7. The minimum Gasteiger partial charge on any atom is -0.492 e. The van der Waals surface area contributed by atoms with Crippen LogP contribution in [0.3, 0.4) is 0 Å². The lowest BCUT2D eigenvalue weighted by Gasteiger charge is -2.11. The van der Waals surface area contributed by atoms with E-state index in [1.54, 1.807) is 22.8 Å². The van der Waals surface area contributed by atoms with Crippen LogP contribution < -0.4 is 15.4 Å². The molecule has 4 rings (SSSR count). The molecule has 0 atom stereocenters. The van der Waals surface area contributed by atoms with E-state index in [1.165, 1.54) is 6.07 Å². The van der Waals surface area contributed by atoms with Gasteiger partial charge in [0.2, 0.25) is 0 Å². The number of aromatic nitrogens is 3. The number of halogens is 1. The van der Waals surface area contributed by atoms with Crippen LogP contribution in [0.15, 0.2) is 36.7 Å². The van der Waals surface area contributed by atoms with E-state index in [4.69, 9.17) is 4.74 Å². The number of benzene rings is 1. The Balaban J connectivity index is 1.77. The molecule has 3 aromatic rings. The van der Waals surface area contributed by atoms with Crippen LogP contribution in [0, 0.1) is 5.82 Å². The number of nitrogens with zero attached hydrogens (tertiary/aromatic N) is 3. The zero-order chi connectivity index (χ0) is 17.1. The zero-order valence-corrected chi connectivity index (χ0v) is 13.8. The minimum atomic E-state index is -0.318. The van der Waals surface area contributed by atoms with E-state index in [2.05, 4.69) is 20.7 Å². The van der Waals surface area contributed by atoms with Crippen molar-refractivity contribution in [3.05, 3.63) is 42.5 Å². The Morgan fingerprint density at radius 2 is 2.00 bits per heavy atom. The predicted molar refractivity (Wildman–Crippen MR) is 94.5 cm³/mol. The molecule has 130 valence electrons. The third-order valence-corrected chi connectivity index (χ3v) is 4.23. The monoisotopic (exact) mass is 341 g/mol. The van der Waals surface area contributed by atoms with Gasteiger partial charge in [0, 0.05) is 30.4 Å². The Kier molecular flexibility index (Phi) is 4.47. The summed E-state index contributed by atoms with van der Waals surface area (Å²) >= 11 is 0. The summed E-state index contributed by atoms with van der Waals surface area (Å²) in [6.45, 7) is 3.09. The average Bonchev–Trinajstić information content (AvgIpc) is 3.04. The van der Waals surface area contributed by atoms with Gasteiger partial charge in [-0.2, -0.15) is 5.10 Å². The molecule has 0 saturated carbocycles. The van der Waals surface area contributed by atoms with E-state index in [9.17, 15) is 4.39 Å². The van der Waals surface area contributed by atoms with Crippen LogP contribution in [0.1, 0.15) is 12.8 Å². The lowest BCUT2D eigenvalue weighted by Crippen LogP contribution is -2.22. The number of hydrogen-bond acceptors (Lipinski definition) is 5. The Labute approximate surface area is 145 Å². The second-order valence-electron chi connectivity index (χ2n) is 6.01. The molecule has 2 N–H and O–H groups in total. The number of nitrogens with one attached hydrogen (secondary N) is 2. The van der Waals surface area contributed by atoms with E-state index in [0.717, 1.165) is 38.3 Å². The van der Waals surface area contributed by atoms with Gasteiger partial charge in [0.1, 0.15) is 24.0 Å². The third kappa shape index (κ3) is 3.41. The van der Waals surface area contributed by atoms with Gasteiger partial charge in [-0.1, -0.05) is 0 Å². The highest BCUT2D eigenvalue weighted by atomic mass is 19.1. The summed E-state index contributed by atoms with van der Waals surface area (Å²) in [5.74, 6) is 1.09. The van der Waals surface area contributed by atoms with Crippen LogP contribution in [0.5, 0.6) is 5.75 Å². The lowest BCUT2D eigenvalue weighted by molar-refractivity contribution is 0.313. The molecular formula is C18H20FN5O. The van der Waals surface area contributed by atoms with Crippen molar-refractivity contribution in [1.29, 1.82) is 0 Å². The first-order valence-electron chi connectivity index (χ1n) is 8.53. The summed E-state index contributed by atoms with van der Waals surface area (Å²) in [5.41, 5.74) is 1.71. The largest absolute Gasteiger partial charge is 0.492 e. The maximum absolute atomic E-state index is 14.4. The molecule has 1 aliphatic rings. The molecule has 7 heteroatoms. The third-order valence-electron chi connectivity index (χ3n) is 4.23. The number of rotatable bonds is 0. The molecule has 6 nitrogen and oxygen atoms in total. The molecule has 0 unspecified atom stereocenters. The number of fused-ring (bicyclic) bond motifs is 4. The van der Waals surface area contributed by atoms with Gasteiger partial charge in [-0.05, 0) is 43.7 Å². The number of anilines is 1. The van der Waals surface area contributed by atoms with E-state index in [0.29, 0.717) is 29.1 Å². The summed E-state index contributed by atoms with van der Waals surface area (Å²) in [7, 11) is 0. The van der Waals surface area contributed by atoms with E-state index < -0.39 is 0 Å². The Bertz CT molecular complexity index is 879. The molecule has 0 radical (unpaired) electrons. The van der Waals surface area contributed by atoms with Crippen molar-refractivity contribution in [2.45, 2.75) is 12.8 Å². The molecule has 25 heavy (non-hydrogen) atoms. The standard InChI is InChI=1S/C18H20FN5O/c19-16-4-3-13-11-14(16)15-12-22-24-9-5-17(23-18(15)24)21-7-2-1-6-20-8-10-25-13/h3-5,9,11-12,20H,1-2,6-8,10H2,(H,21,23). The van der Waals surface area contributed by atoms with Gasteiger partial charge >= 0.3 is 0 Å². The maximum atomic E-state index is 14.4. The van der Waals surface area contributed by atoms with Gasteiger partial charge in [-0.25, -0.2) is 13.9 Å². The molecule has 0 aliphatic carbocycles. The highest BCUT2D eigenvalue weighted by molar-refractivity contribution is 5.78. The van der Waals surface area contributed by atoms with Crippen molar-refractivity contribution >= 4 is 11.5 Å². The van der Waals surface area contributed by atoms with Crippen molar-refractivity contribution in [3.63, 3.8) is 0 Å². The first-order valence-corrected chi connectivity index (χ1v) is 8.53. The smallest absolute Gasteiger partial charge is 0.165 e. The van der Waals surface area contributed by atoms with Crippen LogP contribution in [-0.2, 0) is 0 Å². The maximum Gasteiger partial charge on any atom is 0.165 e. The van der Waals surface area contributed by atoms with E-state index in [1.807, 2.05) is 12.3 Å². The molecular weight excluding hydrogens is 321 g/mol. The second kappa shape index (κ2) is 7.06. The second-order valence-corrected chi connectivity index (χ2v) is 6.01. The van der Waals surface area contributed by atoms with Gasteiger partial charge < -0.3 is 15.4 Å². The molecule has 1 aromatic carbocycles. The Morgan fingerprint density at radius 1 is 1.08 bits per heavy atom. The summed E-state index contributed by atoms with van der Waals surface area (Å²) in [6, 6.07) is 6.65. The quantitative estimate of drug-likeness (QED) is 0.658. The fourth-order valence-corrected chi connectivity index (χ4v) is 2.92. The van der Waals surface area contributed by atoms with Gasteiger partial charge in [-0.3, -0.25) is 0 Å². The Morgan fingerprint density at radius 3 is 2.96 bits per heavy atom. The van der Waals surface area contributed by atoms with Gasteiger partial charge in [-0.15, -0.1) is 0 Å². The fraction of sp³-hybridized carbons (Fsp3) is 0.333. The topological polar surface area (TPSA) is 63.5 Å². The lowest BCUT2D eigenvalue weighted by atomic mass is 10.1. The molecule has 3 heterocycles. The molecule has 0 spiro atoms. The average molecular weight is 341 g/mol. The summed E-state index contributed by atoms with van der Waals surface area (Å²) in [4.78, 5) is 4.61. The van der Waals surface area contributed by atoms with Crippen LogP contribution >= 0.6 is 0 Å². The summed E-state index contributed by atoms with van der Waals surface area (Å²) < 4.78 is 21.8. The van der Waals surface area contributed by atoms with Gasteiger partial charge in [0.15, 0.2) is 5.65 Å². The Hall–Kier alpha value is -2.67. The van der Waals surface area contributed by atoms with Crippen molar-refractivity contribution in [2.75, 3.05) is 31.6 Å². The molecule has 0 saturated heterocycles. The zero-order valence-electron chi connectivity index (χ0n) is 13.8. The van der Waals surface area contributed by atoms with Crippen molar-refractivity contribution in [1.82, 2.24) is 19.9 Å². The molecule has 0 amide bonds. The van der Waals surface area contributed by atoms with Crippen LogP contribution in [-0.4, -0.2) is 40.8 Å². The number of ether oxygens (including phenoxy) is 1. The van der Waals surface area contributed by atoms with Crippen molar-refractivity contribution in [3.8, 4) is 16.9 Å². The molecule has 2 aromatic heterocycles. The molecule has 4 bridgehead atoms. The first kappa shape index (κ1) is 15.8. The molecule has 1 aliphatic heterocycles.